The predicted octanol–water partition coefficient (Wildman–Crippen LogP) is -3.48. The van der Waals surface area contributed by atoms with Crippen molar-refractivity contribution in [3.8, 4) is 0 Å². The summed E-state index contributed by atoms with van der Waals surface area (Å²) in [5.41, 5.74) is 20.9. The van der Waals surface area contributed by atoms with Gasteiger partial charge < -0.3 is 49.1 Å². The van der Waals surface area contributed by atoms with Crippen LogP contribution in [0.25, 0.3) is 0 Å². The lowest BCUT2D eigenvalue weighted by Crippen LogP contribution is -2.55. The molecule has 0 heterocycles. The van der Waals surface area contributed by atoms with E-state index in [0.29, 0.717) is 6.42 Å². The fourth-order valence-electron chi connectivity index (χ4n) is 2.86. The number of carboxylic acid groups (broad SMARTS) is 2. The monoisotopic (exact) mass is 501 g/mol. The number of nitrogens with zero attached hydrogens (tertiary/aromatic N) is 2. The van der Waals surface area contributed by atoms with Crippen LogP contribution < -0.4 is 38.9 Å². The third-order valence-electron chi connectivity index (χ3n) is 4.48. The second kappa shape index (κ2) is 16.5. The Bertz CT molecular complexity index is 808. The van der Waals surface area contributed by atoms with Gasteiger partial charge in [0, 0.05) is 26.4 Å². The van der Waals surface area contributed by atoms with E-state index < -0.39 is 54.2 Å². The van der Waals surface area contributed by atoms with Crippen molar-refractivity contribution in [2.24, 2.45) is 32.9 Å². The van der Waals surface area contributed by atoms with Gasteiger partial charge in [0.1, 0.15) is 18.1 Å². The quantitative estimate of drug-likeness (QED) is 0.0535. The SMILES string of the molecule is CC(=O)N[C@@H](CCCN=C(N)N)C(=O)N[C@H](CCC(=O)O)C(=O)N[C@@H](CCCN=C(N)N)C(=O)O. The number of carbonyl (C=O) groups is 5. The average Bonchev–Trinajstić information content (AvgIpc) is 2.74. The third-order valence-corrected chi connectivity index (χ3v) is 4.48. The number of amides is 3. The molecule has 0 bridgehead atoms. The summed E-state index contributed by atoms with van der Waals surface area (Å²) in [6.45, 7) is 1.53. The van der Waals surface area contributed by atoms with Crippen molar-refractivity contribution in [3.05, 3.63) is 0 Å². The van der Waals surface area contributed by atoms with Gasteiger partial charge in [-0.05, 0) is 32.1 Å². The molecule has 16 nitrogen and oxygen atoms in total. The predicted molar refractivity (Wildman–Crippen MR) is 126 cm³/mol. The van der Waals surface area contributed by atoms with Gasteiger partial charge >= 0.3 is 11.9 Å². The maximum Gasteiger partial charge on any atom is 0.326 e. The molecule has 0 saturated heterocycles. The van der Waals surface area contributed by atoms with E-state index in [2.05, 4.69) is 25.9 Å². The molecule has 0 fully saturated rings. The zero-order valence-corrected chi connectivity index (χ0v) is 19.5. The van der Waals surface area contributed by atoms with Crippen LogP contribution in [0.15, 0.2) is 9.98 Å². The molecule has 0 aliphatic rings. The lowest BCUT2D eigenvalue weighted by Gasteiger charge is -2.24. The Morgan fingerprint density at radius 3 is 1.54 bits per heavy atom. The molecule has 0 aliphatic carbocycles. The van der Waals surface area contributed by atoms with Crippen LogP contribution in [0.1, 0.15) is 45.4 Å². The minimum absolute atomic E-state index is 0.0171. The highest BCUT2D eigenvalue weighted by Crippen LogP contribution is 2.06. The van der Waals surface area contributed by atoms with Gasteiger partial charge in [-0.25, -0.2) is 4.79 Å². The minimum Gasteiger partial charge on any atom is -0.481 e. The fraction of sp³-hybridized carbons (Fsp3) is 0.632. The maximum atomic E-state index is 12.8. The third kappa shape index (κ3) is 15.4. The number of aliphatic imine (C=N–C) groups is 2. The van der Waals surface area contributed by atoms with Crippen LogP contribution in [0.2, 0.25) is 0 Å². The van der Waals surface area contributed by atoms with E-state index in [1.165, 1.54) is 6.92 Å². The second-order valence-electron chi connectivity index (χ2n) is 7.54. The highest BCUT2D eigenvalue weighted by Gasteiger charge is 2.29. The topological polar surface area (TPSA) is 291 Å². The van der Waals surface area contributed by atoms with E-state index in [0.717, 1.165) is 0 Å². The number of guanidine groups is 2. The van der Waals surface area contributed by atoms with Crippen LogP contribution in [0.3, 0.4) is 0 Å². The molecule has 0 aromatic rings. The minimum atomic E-state index is -1.37. The molecular weight excluding hydrogens is 466 g/mol. The first-order chi connectivity index (χ1) is 16.3. The lowest BCUT2D eigenvalue weighted by molar-refractivity contribution is -0.143. The molecule has 13 N–H and O–H groups in total. The van der Waals surface area contributed by atoms with Crippen molar-refractivity contribution >= 4 is 41.6 Å². The first-order valence-electron chi connectivity index (χ1n) is 10.8. The molecule has 0 aromatic heterocycles. The van der Waals surface area contributed by atoms with Gasteiger partial charge in [0.2, 0.25) is 17.7 Å². The summed E-state index contributed by atoms with van der Waals surface area (Å²) in [4.78, 5) is 67.1. The summed E-state index contributed by atoms with van der Waals surface area (Å²) in [5, 5.41) is 25.5. The Morgan fingerprint density at radius 1 is 0.714 bits per heavy atom. The number of carbonyl (C=O) groups excluding carboxylic acids is 3. The number of hydrogen-bond donors (Lipinski definition) is 9. The molecule has 16 heteroatoms. The summed E-state index contributed by atoms with van der Waals surface area (Å²) < 4.78 is 0. The number of rotatable bonds is 17. The summed E-state index contributed by atoms with van der Waals surface area (Å²) >= 11 is 0. The van der Waals surface area contributed by atoms with Crippen molar-refractivity contribution in [3.63, 3.8) is 0 Å². The molecule has 3 amide bonds. The van der Waals surface area contributed by atoms with Gasteiger partial charge in [-0.1, -0.05) is 0 Å². The summed E-state index contributed by atoms with van der Waals surface area (Å²) in [6, 6.07) is -3.75. The van der Waals surface area contributed by atoms with Crippen LogP contribution >= 0.6 is 0 Å². The molecule has 0 spiro atoms. The van der Waals surface area contributed by atoms with Crippen LogP contribution in [-0.2, 0) is 24.0 Å². The van der Waals surface area contributed by atoms with E-state index in [4.69, 9.17) is 28.0 Å². The van der Waals surface area contributed by atoms with Gasteiger partial charge in [0.15, 0.2) is 11.9 Å². The van der Waals surface area contributed by atoms with E-state index in [-0.39, 0.29) is 50.7 Å². The Balaban J connectivity index is 5.36. The molecule has 0 aliphatic heterocycles. The van der Waals surface area contributed by atoms with Crippen LogP contribution in [0.5, 0.6) is 0 Å². The van der Waals surface area contributed by atoms with Gasteiger partial charge in [-0.2, -0.15) is 0 Å². The largest absolute Gasteiger partial charge is 0.481 e. The lowest BCUT2D eigenvalue weighted by atomic mass is 10.1. The summed E-state index contributed by atoms with van der Waals surface area (Å²) in [6.07, 6.45) is -0.125. The van der Waals surface area contributed by atoms with Crippen molar-refractivity contribution in [2.45, 2.75) is 63.6 Å². The van der Waals surface area contributed by atoms with Crippen molar-refractivity contribution in [1.82, 2.24) is 16.0 Å². The highest BCUT2D eigenvalue weighted by molar-refractivity contribution is 5.93. The molecule has 35 heavy (non-hydrogen) atoms. The van der Waals surface area contributed by atoms with E-state index in [1.807, 2.05) is 0 Å². The first kappa shape index (κ1) is 30.9. The maximum absolute atomic E-state index is 12.8. The number of nitrogens with two attached hydrogens (primary N) is 4. The average molecular weight is 502 g/mol. The molecule has 0 saturated carbocycles. The van der Waals surface area contributed by atoms with Crippen LogP contribution in [-0.4, -0.2) is 83.0 Å². The molecule has 0 rings (SSSR count). The Morgan fingerprint density at radius 2 is 1.14 bits per heavy atom. The zero-order chi connectivity index (χ0) is 27.0. The molecular formula is C19H35N9O7. The smallest absolute Gasteiger partial charge is 0.326 e. The van der Waals surface area contributed by atoms with Crippen molar-refractivity contribution in [2.75, 3.05) is 13.1 Å². The van der Waals surface area contributed by atoms with Gasteiger partial charge in [0.25, 0.3) is 0 Å². The van der Waals surface area contributed by atoms with Gasteiger partial charge in [-0.15, -0.1) is 0 Å². The molecule has 3 atom stereocenters. The van der Waals surface area contributed by atoms with Crippen molar-refractivity contribution in [1.29, 1.82) is 0 Å². The van der Waals surface area contributed by atoms with Crippen LogP contribution in [0, 0.1) is 0 Å². The highest BCUT2D eigenvalue weighted by atomic mass is 16.4. The summed E-state index contributed by atoms with van der Waals surface area (Å²) in [5.74, 6) is -5.01. The second-order valence-corrected chi connectivity index (χ2v) is 7.54. The fourth-order valence-corrected chi connectivity index (χ4v) is 2.86. The van der Waals surface area contributed by atoms with Gasteiger partial charge in [-0.3, -0.25) is 29.2 Å². The molecule has 0 unspecified atom stereocenters. The number of carboxylic acids is 2. The van der Waals surface area contributed by atoms with E-state index >= 15 is 0 Å². The van der Waals surface area contributed by atoms with Crippen LogP contribution in [0.4, 0.5) is 0 Å². The number of hydrogen-bond acceptors (Lipinski definition) is 7. The van der Waals surface area contributed by atoms with Crippen molar-refractivity contribution < 1.29 is 34.2 Å². The summed E-state index contributed by atoms with van der Waals surface area (Å²) in [7, 11) is 0. The Kier molecular flexibility index (Phi) is 14.6. The van der Waals surface area contributed by atoms with E-state index in [9.17, 15) is 29.1 Å². The number of aliphatic carboxylic acids is 2. The Labute approximate surface area is 202 Å². The van der Waals surface area contributed by atoms with E-state index in [1.54, 1.807) is 0 Å². The Hall–Kier alpha value is -4.11. The van der Waals surface area contributed by atoms with Gasteiger partial charge in [0.05, 0.1) is 0 Å². The zero-order valence-electron chi connectivity index (χ0n) is 19.5. The standard InChI is InChI=1S/C19H35N9O7/c1-10(29)26-11(4-2-8-24-18(20)21)15(32)27-12(6-7-14(30)31)16(33)28-13(17(34)35)5-3-9-25-19(22)23/h11-13H,2-9H2,1H3,(H,26,29)(H,27,32)(H,28,33)(H,30,31)(H,34,35)(H4,20,21,24)(H4,22,23,25)/t11-,12+,13-/m0/s1. The molecule has 0 aromatic carbocycles. The molecule has 198 valence electrons. The first-order valence-corrected chi connectivity index (χ1v) is 10.8. The normalized spacial score (nSPS) is 12.8. The number of nitrogens with one attached hydrogen (secondary N) is 3. The molecule has 0 radical (unpaired) electrons.